The van der Waals surface area contributed by atoms with Crippen LogP contribution in [-0.4, -0.2) is 6.36 Å². The Morgan fingerprint density at radius 2 is 1.41 bits per heavy atom. The molecule has 0 radical (unpaired) electrons. The highest BCUT2D eigenvalue weighted by Gasteiger charge is 2.32. The van der Waals surface area contributed by atoms with Crippen LogP contribution in [-0.2, 0) is 0 Å². The number of hydrogen-bond acceptors (Lipinski definition) is 1. The monoisotopic (exact) mass is 522 g/mol. The van der Waals surface area contributed by atoms with E-state index in [-0.39, 0.29) is 17.0 Å². The topological polar surface area (TPSA) is 9.23 Å². The first-order chi connectivity index (χ1) is 17.6. The van der Waals surface area contributed by atoms with Crippen molar-refractivity contribution in [2.75, 3.05) is 0 Å². The molecule has 0 N–H and O–H groups in total. The largest absolute Gasteiger partial charge is 0.573 e. The lowest BCUT2D eigenvalue weighted by molar-refractivity contribution is -0.274. The van der Waals surface area contributed by atoms with Gasteiger partial charge in [-0.1, -0.05) is 51.7 Å². The maximum Gasteiger partial charge on any atom is 0.573 e. The number of alkyl halides is 3. The Hall–Kier alpha value is -2.11. The molecule has 0 spiro atoms. The third-order valence-corrected chi connectivity index (χ3v) is 8.86. The fourth-order valence-electron chi connectivity index (χ4n) is 6.83. The Morgan fingerprint density at radius 1 is 0.838 bits per heavy atom. The summed E-state index contributed by atoms with van der Waals surface area (Å²) in [6.45, 7) is 4.70. The molecule has 0 heterocycles. The fourth-order valence-corrected chi connectivity index (χ4v) is 6.83. The van der Waals surface area contributed by atoms with E-state index in [2.05, 4.69) is 18.6 Å². The van der Waals surface area contributed by atoms with Gasteiger partial charge in [-0.25, -0.2) is 8.78 Å². The number of hydrogen-bond donors (Lipinski definition) is 0. The first kappa shape index (κ1) is 27.9. The molecule has 0 aliphatic heterocycles. The van der Waals surface area contributed by atoms with Gasteiger partial charge in [0.2, 0.25) is 0 Å². The fraction of sp³-hybridized carbons (Fsp3) is 0.613. The van der Waals surface area contributed by atoms with Crippen molar-refractivity contribution in [1.29, 1.82) is 0 Å². The van der Waals surface area contributed by atoms with E-state index in [9.17, 15) is 13.2 Å². The average Bonchev–Trinajstić information content (AvgIpc) is 2.85. The Bertz CT molecular complexity index is 976. The van der Waals surface area contributed by atoms with E-state index in [0.717, 1.165) is 55.6 Å². The maximum atomic E-state index is 15.0. The molecule has 6 heteroatoms. The summed E-state index contributed by atoms with van der Waals surface area (Å²) in [5.74, 6) is 1.54. The molecule has 2 aliphatic carbocycles. The van der Waals surface area contributed by atoms with E-state index in [1.54, 1.807) is 0 Å². The molecule has 2 saturated carbocycles. The summed E-state index contributed by atoms with van der Waals surface area (Å²) < 4.78 is 71.0. The van der Waals surface area contributed by atoms with Crippen molar-refractivity contribution in [2.45, 2.75) is 96.8 Å². The van der Waals surface area contributed by atoms with Gasteiger partial charge in [0.25, 0.3) is 0 Å². The van der Waals surface area contributed by atoms with Crippen molar-refractivity contribution >= 4 is 0 Å². The summed E-state index contributed by atoms with van der Waals surface area (Å²) >= 11 is 0. The van der Waals surface area contributed by atoms with Crippen LogP contribution < -0.4 is 4.74 Å². The van der Waals surface area contributed by atoms with Gasteiger partial charge in [0.15, 0.2) is 0 Å². The first-order valence-electron chi connectivity index (χ1n) is 14.0. The van der Waals surface area contributed by atoms with E-state index in [1.807, 2.05) is 0 Å². The zero-order chi connectivity index (χ0) is 26.6. The maximum absolute atomic E-state index is 15.0. The van der Waals surface area contributed by atoms with Crippen LogP contribution in [0.25, 0.3) is 11.1 Å². The molecule has 0 bridgehead atoms. The molecule has 0 aromatic heterocycles. The van der Waals surface area contributed by atoms with Crippen molar-refractivity contribution in [3.05, 3.63) is 53.6 Å². The van der Waals surface area contributed by atoms with E-state index >= 15 is 8.78 Å². The normalized spacial score (nSPS) is 25.6. The summed E-state index contributed by atoms with van der Waals surface area (Å²) in [5, 5.41) is 0. The molecule has 0 saturated heterocycles. The summed E-state index contributed by atoms with van der Waals surface area (Å²) in [7, 11) is 0. The molecular formula is C31H39F5O. The number of rotatable bonds is 8. The van der Waals surface area contributed by atoms with Crippen LogP contribution in [0.4, 0.5) is 22.0 Å². The van der Waals surface area contributed by atoms with Gasteiger partial charge in [-0.2, -0.15) is 0 Å². The Labute approximate surface area is 217 Å². The molecule has 2 fully saturated rings. The van der Waals surface area contributed by atoms with Gasteiger partial charge in [-0.3, -0.25) is 0 Å². The van der Waals surface area contributed by atoms with Crippen LogP contribution in [0, 0.1) is 35.3 Å². The minimum absolute atomic E-state index is 0.136. The highest BCUT2D eigenvalue weighted by atomic mass is 19.4. The third kappa shape index (κ3) is 7.48. The van der Waals surface area contributed by atoms with Crippen molar-refractivity contribution in [3.63, 3.8) is 0 Å². The minimum atomic E-state index is -4.81. The molecule has 2 aromatic carbocycles. The second-order valence-corrected chi connectivity index (χ2v) is 11.4. The van der Waals surface area contributed by atoms with Gasteiger partial charge in [0.05, 0.1) is 5.56 Å². The van der Waals surface area contributed by atoms with E-state index < -0.39 is 23.7 Å². The van der Waals surface area contributed by atoms with Crippen LogP contribution in [0.2, 0.25) is 0 Å². The summed E-state index contributed by atoms with van der Waals surface area (Å²) in [4.78, 5) is 0. The predicted molar refractivity (Wildman–Crippen MR) is 137 cm³/mol. The zero-order valence-corrected chi connectivity index (χ0v) is 21.9. The molecule has 1 unspecified atom stereocenters. The molecule has 1 atom stereocenters. The minimum Gasteiger partial charge on any atom is -0.406 e. The quantitative estimate of drug-likeness (QED) is 0.313. The third-order valence-electron chi connectivity index (χ3n) is 8.86. The van der Waals surface area contributed by atoms with Crippen LogP contribution in [0.5, 0.6) is 5.75 Å². The summed E-state index contributed by atoms with van der Waals surface area (Å²) in [6.07, 6.45) is 8.64. The lowest BCUT2D eigenvalue weighted by Gasteiger charge is -2.36. The van der Waals surface area contributed by atoms with Crippen molar-refractivity contribution in [1.82, 2.24) is 0 Å². The highest BCUT2D eigenvalue weighted by molar-refractivity contribution is 5.66. The average molecular weight is 523 g/mol. The van der Waals surface area contributed by atoms with Crippen LogP contribution in [0.3, 0.4) is 0 Å². The number of ether oxygens (including phenoxy) is 1. The van der Waals surface area contributed by atoms with Crippen LogP contribution >= 0.6 is 0 Å². The summed E-state index contributed by atoms with van der Waals surface area (Å²) in [6, 6.07) is 7.42. The Morgan fingerprint density at radius 3 is 1.95 bits per heavy atom. The molecule has 4 rings (SSSR count). The zero-order valence-electron chi connectivity index (χ0n) is 21.9. The van der Waals surface area contributed by atoms with Gasteiger partial charge in [0.1, 0.15) is 17.4 Å². The number of halogens is 5. The van der Waals surface area contributed by atoms with Crippen molar-refractivity contribution < 1.29 is 26.7 Å². The lowest BCUT2D eigenvalue weighted by Crippen LogP contribution is -2.23. The molecule has 204 valence electrons. The SMILES string of the molecule is CCCC1CCC(C(C)CC2CCC(c3cc(F)c(-c4ccc(OC(F)(F)F)cc4)c(F)c3)CC2)CC1. The van der Waals surface area contributed by atoms with Crippen LogP contribution in [0.1, 0.15) is 96.0 Å². The van der Waals surface area contributed by atoms with Crippen molar-refractivity contribution in [3.8, 4) is 16.9 Å². The van der Waals surface area contributed by atoms with Gasteiger partial charge in [0, 0.05) is 0 Å². The molecule has 2 aliphatic rings. The van der Waals surface area contributed by atoms with E-state index in [1.165, 1.54) is 69.2 Å². The van der Waals surface area contributed by atoms with Gasteiger partial charge in [-0.05, 0) is 110 Å². The second kappa shape index (κ2) is 12.2. The van der Waals surface area contributed by atoms with Gasteiger partial charge < -0.3 is 4.74 Å². The molecular weight excluding hydrogens is 483 g/mol. The van der Waals surface area contributed by atoms with E-state index in [0.29, 0.717) is 11.5 Å². The molecule has 37 heavy (non-hydrogen) atoms. The standard InChI is InChI=1S/C31H39F5O/c1-3-4-21-5-9-23(10-6-21)20(2)17-22-7-11-24(12-8-22)26-18-28(32)30(29(33)19-26)25-13-15-27(16-14-25)37-31(34,35)36/h13-16,18-24H,3-12,17H2,1-2H3. The van der Waals surface area contributed by atoms with Crippen LogP contribution in [0.15, 0.2) is 36.4 Å². The molecule has 0 amide bonds. The molecule has 2 aromatic rings. The van der Waals surface area contributed by atoms with Gasteiger partial charge in [-0.15, -0.1) is 13.2 Å². The summed E-state index contributed by atoms with van der Waals surface area (Å²) in [5.41, 5.74) is 0.632. The smallest absolute Gasteiger partial charge is 0.406 e. The Balaban J connectivity index is 1.32. The predicted octanol–water partition coefficient (Wildman–Crippen LogP) is 10.4. The second-order valence-electron chi connectivity index (χ2n) is 11.4. The molecule has 1 nitrogen and oxygen atoms in total. The van der Waals surface area contributed by atoms with E-state index in [4.69, 9.17) is 0 Å². The lowest BCUT2D eigenvalue weighted by atomic mass is 9.70. The van der Waals surface area contributed by atoms with Gasteiger partial charge >= 0.3 is 6.36 Å². The Kier molecular flexibility index (Phi) is 9.18. The first-order valence-corrected chi connectivity index (χ1v) is 14.0. The van der Waals surface area contributed by atoms with Crippen molar-refractivity contribution in [2.24, 2.45) is 23.7 Å². The highest BCUT2D eigenvalue weighted by Crippen LogP contribution is 2.43. The number of benzene rings is 2.